The standard InChI is InChI=1S/C12H12BrNO4/c1-18-10-4-8(13)2-3-9(10)11(15)14-5-7(6-14)12(16)17/h2-4,7H,5-6H2,1H3,(H,16,17). The number of nitrogens with zero attached hydrogens (tertiary/aromatic N) is 1. The molecule has 1 aliphatic heterocycles. The summed E-state index contributed by atoms with van der Waals surface area (Å²) >= 11 is 3.30. The maximum Gasteiger partial charge on any atom is 0.310 e. The number of hydrogen-bond acceptors (Lipinski definition) is 3. The average Bonchev–Trinajstić information content (AvgIpc) is 2.25. The van der Waals surface area contributed by atoms with Crippen LogP contribution in [-0.2, 0) is 4.79 Å². The zero-order valence-corrected chi connectivity index (χ0v) is 11.3. The third-order valence-electron chi connectivity index (χ3n) is 2.91. The minimum Gasteiger partial charge on any atom is -0.496 e. The molecule has 1 amide bonds. The largest absolute Gasteiger partial charge is 0.496 e. The fraction of sp³-hybridized carbons (Fsp3) is 0.333. The Labute approximate surface area is 112 Å². The summed E-state index contributed by atoms with van der Waals surface area (Å²) in [5, 5.41) is 8.77. The van der Waals surface area contributed by atoms with Crippen LogP contribution in [0.25, 0.3) is 0 Å². The van der Waals surface area contributed by atoms with Gasteiger partial charge in [0.05, 0.1) is 18.6 Å². The lowest BCUT2D eigenvalue weighted by Crippen LogP contribution is -2.53. The van der Waals surface area contributed by atoms with Crippen molar-refractivity contribution in [2.75, 3.05) is 20.2 Å². The predicted octanol–water partition coefficient (Wildman–Crippen LogP) is 1.61. The van der Waals surface area contributed by atoms with E-state index in [1.54, 1.807) is 18.2 Å². The van der Waals surface area contributed by atoms with E-state index in [2.05, 4.69) is 15.9 Å². The monoisotopic (exact) mass is 313 g/mol. The molecular weight excluding hydrogens is 302 g/mol. The van der Waals surface area contributed by atoms with Crippen molar-refractivity contribution >= 4 is 27.8 Å². The minimum atomic E-state index is -0.859. The Bertz CT molecular complexity index is 497. The summed E-state index contributed by atoms with van der Waals surface area (Å²) in [5.41, 5.74) is 0.449. The van der Waals surface area contributed by atoms with E-state index in [1.807, 2.05) is 0 Å². The first kappa shape index (κ1) is 12.9. The van der Waals surface area contributed by atoms with Crippen molar-refractivity contribution in [2.45, 2.75) is 0 Å². The molecule has 6 heteroatoms. The van der Waals surface area contributed by atoms with Gasteiger partial charge in [-0.25, -0.2) is 0 Å². The Morgan fingerprint density at radius 1 is 1.44 bits per heavy atom. The fourth-order valence-corrected chi connectivity index (χ4v) is 2.15. The van der Waals surface area contributed by atoms with Crippen LogP contribution in [0.4, 0.5) is 0 Å². The molecule has 0 aromatic heterocycles. The SMILES string of the molecule is COc1cc(Br)ccc1C(=O)N1CC(C(=O)O)C1. The first-order valence-electron chi connectivity index (χ1n) is 5.38. The third kappa shape index (κ3) is 2.33. The van der Waals surface area contributed by atoms with Gasteiger partial charge in [0, 0.05) is 17.6 Å². The second kappa shape index (κ2) is 4.97. The van der Waals surface area contributed by atoms with Crippen LogP contribution in [0.5, 0.6) is 5.75 Å². The topological polar surface area (TPSA) is 66.8 Å². The normalized spacial score (nSPS) is 15.1. The zero-order chi connectivity index (χ0) is 13.3. The van der Waals surface area contributed by atoms with Crippen LogP contribution >= 0.6 is 15.9 Å². The summed E-state index contributed by atoms with van der Waals surface area (Å²) in [7, 11) is 1.49. The van der Waals surface area contributed by atoms with Gasteiger partial charge >= 0.3 is 5.97 Å². The highest BCUT2D eigenvalue weighted by molar-refractivity contribution is 9.10. The molecule has 5 nitrogen and oxygen atoms in total. The van der Waals surface area contributed by atoms with Crippen molar-refractivity contribution in [3.8, 4) is 5.75 Å². The molecule has 0 spiro atoms. The summed E-state index contributed by atoms with van der Waals surface area (Å²) in [6.45, 7) is 0.515. The zero-order valence-electron chi connectivity index (χ0n) is 9.72. The van der Waals surface area contributed by atoms with Crippen LogP contribution in [0, 0.1) is 5.92 Å². The van der Waals surface area contributed by atoms with Crippen molar-refractivity contribution in [1.29, 1.82) is 0 Å². The second-order valence-electron chi connectivity index (χ2n) is 4.09. The molecule has 0 unspecified atom stereocenters. The number of hydrogen-bond donors (Lipinski definition) is 1. The number of carboxylic acids is 1. The molecule has 0 saturated carbocycles. The fourth-order valence-electron chi connectivity index (χ4n) is 1.81. The van der Waals surface area contributed by atoms with Gasteiger partial charge in [0.15, 0.2) is 0 Å². The maximum absolute atomic E-state index is 12.1. The van der Waals surface area contributed by atoms with E-state index >= 15 is 0 Å². The van der Waals surface area contributed by atoms with Crippen LogP contribution in [-0.4, -0.2) is 42.1 Å². The lowest BCUT2D eigenvalue weighted by atomic mass is 9.99. The van der Waals surface area contributed by atoms with Gasteiger partial charge in [-0.05, 0) is 18.2 Å². The molecule has 1 fully saturated rings. The van der Waals surface area contributed by atoms with E-state index in [9.17, 15) is 9.59 Å². The van der Waals surface area contributed by atoms with E-state index < -0.39 is 11.9 Å². The van der Waals surface area contributed by atoms with E-state index in [-0.39, 0.29) is 19.0 Å². The van der Waals surface area contributed by atoms with Crippen molar-refractivity contribution in [3.63, 3.8) is 0 Å². The molecule has 0 aliphatic carbocycles. The van der Waals surface area contributed by atoms with E-state index in [0.29, 0.717) is 11.3 Å². The number of methoxy groups -OCH3 is 1. The highest BCUT2D eigenvalue weighted by Crippen LogP contribution is 2.27. The summed E-state index contributed by atoms with van der Waals surface area (Å²) in [6, 6.07) is 5.13. The number of carbonyl (C=O) groups is 2. The average molecular weight is 314 g/mol. The van der Waals surface area contributed by atoms with Crippen molar-refractivity contribution in [1.82, 2.24) is 4.90 Å². The summed E-state index contributed by atoms with van der Waals surface area (Å²) in [5.74, 6) is -1.03. The van der Waals surface area contributed by atoms with Gasteiger partial charge < -0.3 is 14.7 Å². The van der Waals surface area contributed by atoms with Crippen LogP contribution in [0.3, 0.4) is 0 Å². The first-order chi connectivity index (χ1) is 8.52. The van der Waals surface area contributed by atoms with Gasteiger partial charge in [-0.15, -0.1) is 0 Å². The molecule has 1 aromatic rings. The number of carboxylic acid groups (broad SMARTS) is 1. The molecule has 18 heavy (non-hydrogen) atoms. The number of carbonyl (C=O) groups excluding carboxylic acids is 1. The van der Waals surface area contributed by atoms with Crippen molar-refractivity contribution < 1.29 is 19.4 Å². The molecular formula is C12H12BrNO4. The van der Waals surface area contributed by atoms with Crippen molar-refractivity contribution in [3.05, 3.63) is 28.2 Å². The van der Waals surface area contributed by atoms with Crippen LogP contribution < -0.4 is 4.74 Å². The number of ether oxygens (including phenoxy) is 1. The Balaban J connectivity index is 2.13. The van der Waals surface area contributed by atoms with Crippen LogP contribution in [0.15, 0.2) is 22.7 Å². The van der Waals surface area contributed by atoms with Gasteiger partial charge in [0.2, 0.25) is 0 Å². The molecule has 2 rings (SSSR count). The lowest BCUT2D eigenvalue weighted by molar-refractivity contribution is -0.146. The Hall–Kier alpha value is -1.56. The van der Waals surface area contributed by atoms with Gasteiger partial charge in [0.1, 0.15) is 5.75 Å². The molecule has 96 valence electrons. The van der Waals surface area contributed by atoms with E-state index in [1.165, 1.54) is 12.0 Å². The number of rotatable bonds is 3. The Kier molecular flexibility index (Phi) is 3.56. The summed E-state index contributed by atoms with van der Waals surface area (Å²) < 4.78 is 5.97. The second-order valence-corrected chi connectivity index (χ2v) is 5.01. The minimum absolute atomic E-state index is 0.197. The van der Waals surface area contributed by atoms with Gasteiger partial charge in [-0.1, -0.05) is 15.9 Å². The number of halogens is 1. The molecule has 1 saturated heterocycles. The van der Waals surface area contributed by atoms with Crippen LogP contribution in [0.2, 0.25) is 0 Å². The number of amides is 1. The van der Waals surface area contributed by atoms with Gasteiger partial charge in [-0.3, -0.25) is 9.59 Å². The number of benzene rings is 1. The van der Waals surface area contributed by atoms with Crippen LogP contribution in [0.1, 0.15) is 10.4 Å². The molecule has 0 radical (unpaired) electrons. The van der Waals surface area contributed by atoms with E-state index in [0.717, 1.165) is 4.47 Å². The highest BCUT2D eigenvalue weighted by atomic mass is 79.9. The van der Waals surface area contributed by atoms with Crippen molar-refractivity contribution in [2.24, 2.45) is 5.92 Å². The maximum atomic E-state index is 12.1. The smallest absolute Gasteiger partial charge is 0.310 e. The molecule has 1 heterocycles. The molecule has 0 bridgehead atoms. The number of likely N-dealkylation sites (tertiary alicyclic amines) is 1. The summed E-state index contributed by atoms with van der Waals surface area (Å²) in [4.78, 5) is 24.3. The molecule has 0 atom stereocenters. The Morgan fingerprint density at radius 3 is 2.67 bits per heavy atom. The van der Waals surface area contributed by atoms with E-state index in [4.69, 9.17) is 9.84 Å². The first-order valence-corrected chi connectivity index (χ1v) is 6.18. The summed E-state index contributed by atoms with van der Waals surface area (Å²) in [6.07, 6.45) is 0. The molecule has 1 aliphatic rings. The highest BCUT2D eigenvalue weighted by Gasteiger charge is 2.36. The Morgan fingerprint density at radius 2 is 2.11 bits per heavy atom. The quantitative estimate of drug-likeness (QED) is 0.920. The molecule has 1 aromatic carbocycles. The third-order valence-corrected chi connectivity index (χ3v) is 3.41. The number of aliphatic carboxylic acids is 1. The van der Waals surface area contributed by atoms with Gasteiger partial charge in [-0.2, -0.15) is 0 Å². The molecule has 1 N–H and O–H groups in total. The predicted molar refractivity (Wildman–Crippen MR) is 67.7 cm³/mol. The van der Waals surface area contributed by atoms with Gasteiger partial charge in [0.25, 0.3) is 5.91 Å². The lowest BCUT2D eigenvalue weighted by Gasteiger charge is -2.36.